The number of methoxy groups -OCH3 is 1. The van der Waals surface area contributed by atoms with E-state index in [1.807, 2.05) is 0 Å². The van der Waals surface area contributed by atoms with Crippen molar-refractivity contribution in [2.24, 2.45) is 0 Å². The Balaban J connectivity index is 2.33. The predicted octanol–water partition coefficient (Wildman–Crippen LogP) is 1.52. The molecular weight excluding hydrogens is 276 g/mol. The van der Waals surface area contributed by atoms with Crippen LogP contribution in [0.25, 0.3) is 0 Å². The van der Waals surface area contributed by atoms with Gasteiger partial charge >= 0.3 is 12.1 Å². The van der Waals surface area contributed by atoms with Crippen molar-refractivity contribution in [3.63, 3.8) is 0 Å². The summed E-state index contributed by atoms with van der Waals surface area (Å²) in [6.45, 7) is -0.156. The molecule has 1 unspecified atom stereocenters. The van der Waals surface area contributed by atoms with Gasteiger partial charge in [0.15, 0.2) is 11.6 Å². The first-order valence-electron chi connectivity index (χ1n) is 5.61. The molecule has 1 amide bonds. The third-order valence-corrected chi connectivity index (χ3v) is 2.95. The van der Waals surface area contributed by atoms with Crippen molar-refractivity contribution in [1.82, 2.24) is 4.90 Å². The van der Waals surface area contributed by atoms with Crippen LogP contribution in [0.15, 0.2) is 18.2 Å². The van der Waals surface area contributed by atoms with Crippen LogP contribution < -0.4 is 0 Å². The molecule has 0 bridgehead atoms. The number of ether oxygens (including phenoxy) is 2. The van der Waals surface area contributed by atoms with E-state index in [2.05, 4.69) is 4.74 Å². The van der Waals surface area contributed by atoms with Gasteiger partial charge in [-0.1, -0.05) is 6.07 Å². The number of carbonyl (C=O) groups is 2. The fourth-order valence-corrected chi connectivity index (χ4v) is 2.00. The minimum absolute atomic E-state index is 0.156. The molecule has 0 saturated carbocycles. The number of esters is 1. The summed E-state index contributed by atoms with van der Waals surface area (Å²) in [6, 6.07) is 2.09. The molecule has 0 spiro atoms. The van der Waals surface area contributed by atoms with Crippen LogP contribution in [-0.4, -0.2) is 42.0 Å². The molecule has 1 aliphatic rings. The van der Waals surface area contributed by atoms with Crippen LogP contribution >= 0.6 is 0 Å². The van der Waals surface area contributed by atoms with E-state index < -0.39 is 36.0 Å². The van der Waals surface area contributed by atoms with Gasteiger partial charge in [0.2, 0.25) is 6.23 Å². The Labute approximate surface area is 112 Å². The summed E-state index contributed by atoms with van der Waals surface area (Å²) in [5.41, 5.74) is 0.192. The Hall–Kier alpha value is -2.22. The lowest BCUT2D eigenvalue weighted by Crippen LogP contribution is -2.42. The molecule has 0 aromatic heterocycles. The number of halogens is 2. The summed E-state index contributed by atoms with van der Waals surface area (Å²) in [6.07, 6.45) is -2.84. The molecular formula is C12H11F2NO5. The minimum atomic E-state index is -1.42. The molecule has 2 atom stereocenters. The van der Waals surface area contributed by atoms with E-state index in [1.54, 1.807) is 0 Å². The van der Waals surface area contributed by atoms with E-state index in [0.717, 1.165) is 19.2 Å². The topological polar surface area (TPSA) is 76.1 Å². The van der Waals surface area contributed by atoms with E-state index in [9.17, 15) is 18.4 Å². The number of rotatable bonds is 2. The molecule has 0 aliphatic carbocycles. The molecule has 8 heteroatoms. The van der Waals surface area contributed by atoms with Crippen molar-refractivity contribution < 1.29 is 33.0 Å². The van der Waals surface area contributed by atoms with Crippen LogP contribution in [0.3, 0.4) is 0 Å². The molecule has 1 fully saturated rings. The highest BCUT2D eigenvalue weighted by Gasteiger charge is 2.43. The average Bonchev–Trinajstić information content (AvgIpc) is 2.86. The normalized spacial score (nSPS) is 21.9. The SMILES string of the molecule is COC(=O)C1OC[C@H](c2ccc(F)c(F)c2)N1C(=O)O. The molecule has 0 radical (unpaired) electrons. The number of carbonyl (C=O) groups excluding carboxylic acids is 1. The van der Waals surface area contributed by atoms with Crippen molar-refractivity contribution in [3.8, 4) is 0 Å². The molecule has 1 N–H and O–H groups in total. The minimum Gasteiger partial charge on any atom is -0.466 e. The maximum absolute atomic E-state index is 13.2. The second-order valence-electron chi connectivity index (χ2n) is 4.09. The number of hydrogen-bond acceptors (Lipinski definition) is 4. The van der Waals surface area contributed by atoms with Gasteiger partial charge in [0, 0.05) is 0 Å². The van der Waals surface area contributed by atoms with E-state index in [-0.39, 0.29) is 12.2 Å². The van der Waals surface area contributed by atoms with Crippen molar-refractivity contribution in [2.45, 2.75) is 12.3 Å². The lowest BCUT2D eigenvalue weighted by atomic mass is 10.1. The average molecular weight is 287 g/mol. The van der Waals surface area contributed by atoms with E-state index in [1.165, 1.54) is 6.07 Å². The quantitative estimate of drug-likeness (QED) is 0.834. The summed E-state index contributed by atoms with van der Waals surface area (Å²) in [5, 5.41) is 9.15. The molecule has 1 aromatic rings. The van der Waals surface area contributed by atoms with E-state index in [0.29, 0.717) is 4.90 Å². The summed E-state index contributed by atoms with van der Waals surface area (Å²) in [7, 11) is 1.09. The maximum atomic E-state index is 13.2. The summed E-state index contributed by atoms with van der Waals surface area (Å²) in [4.78, 5) is 23.4. The third-order valence-electron chi connectivity index (χ3n) is 2.95. The van der Waals surface area contributed by atoms with E-state index in [4.69, 9.17) is 9.84 Å². The lowest BCUT2D eigenvalue weighted by Gasteiger charge is -2.23. The number of amides is 1. The fourth-order valence-electron chi connectivity index (χ4n) is 2.00. The van der Waals surface area contributed by atoms with Crippen molar-refractivity contribution >= 4 is 12.1 Å². The van der Waals surface area contributed by atoms with Crippen LogP contribution in [-0.2, 0) is 14.3 Å². The first kappa shape index (κ1) is 14.2. The standard InChI is InChI=1S/C12H11F2NO5/c1-19-11(16)10-15(12(17)18)9(5-20-10)6-2-3-7(13)8(14)4-6/h2-4,9-10H,5H2,1H3,(H,17,18)/t9-,10?/m1/s1. The van der Waals surface area contributed by atoms with Crippen molar-refractivity contribution in [1.29, 1.82) is 0 Å². The van der Waals surface area contributed by atoms with Crippen LogP contribution in [0.5, 0.6) is 0 Å². The zero-order valence-electron chi connectivity index (χ0n) is 10.4. The van der Waals surface area contributed by atoms with E-state index >= 15 is 0 Å². The number of carboxylic acid groups (broad SMARTS) is 1. The highest BCUT2D eigenvalue weighted by Crippen LogP contribution is 2.31. The fraction of sp³-hybridized carbons (Fsp3) is 0.333. The Morgan fingerprint density at radius 2 is 2.10 bits per heavy atom. The highest BCUT2D eigenvalue weighted by molar-refractivity contribution is 5.80. The van der Waals surface area contributed by atoms with Crippen LogP contribution in [0.1, 0.15) is 11.6 Å². The zero-order valence-corrected chi connectivity index (χ0v) is 10.4. The van der Waals surface area contributed by atoms with Gasteiger partial charge in [-0.3, -0.25) is 4.90 Å². The van der Waals surface area contributed by atoms with Gasteiger partial charge < -0.3 is 14.6 Å². The largest absolute Gasteiger partial charge is 0.466 e. The molecule has 1 saturated heterocycles. The van der Waals surface area contributed by atoms with Gasteiger partial charge in [-0.15, -0.1) is 0 Å². The summed E-state index contributed by atoms with van der Waals surface area (Å²) < 4.78 is 35.6. The Morgan fingerprint density at radius 3 is 2.65 bits per heavy atom. The van der Waals surface area contributed by atoms with Crippen molar-refractivity contribution in [2.75, 3.05) is 13.7 Å². The summed E-state index contributed by atoms with van der Waals surface area (Å²) >= 11 is 0. The highest BCUT2D eigenvalue weighted by atomic mass is 19.2. The molecule has 1 aliphatic heterocycles. The van der Waals surface area contributed by atoms with Gasteiger partial charge in [-0.05, 0) is 17.7 Å². The van der Waals surface area contributed by atoms with Crippen LogP contribution in [0.2, 0.25) is 0 Å². The number of nitrogens with zero attached hydrogens (tertiary/aromatic N) is 1. The van der Waals surface area contributed by atoms with Gasteiger partial charge in [-0.25, -0.2) is 18.4 Å². The zero-order chi connectivity index (χ0) is 14.9. The summed E-state index contributed by atoms with van der Waals surface area (Å²) in [5.74, 6) is -3.02. The first-order valence-corrected chi connectivity index (χ1v) is 5.61. The molecule has 6 nitrogen and oxygen atoms in total. The molecule has 2 rings (SSSR count). The molecule has 20 heavy (non-hydrogen) atoms. The Morgan fingerprint density at radius 1 is 1.40 bits per heavy atom. The second kappa shape index (κ2) is 5.41. The van der Waals surface area contributed by atoms with Crippen LogP contribution in [0, 0.1) is 11.6 Å². The van der Waals surface area contributed by atoms with Gasteiger partial charge in [0.25, 0.3) is 0 Å². The van der Waals surface area contributed by atoms with Crippen molar-refractivity contribution in [3.05, 3.63) is 35.4 Å². The first-order chi connectivity index (χ1) is 9.45. The lowest BCUT2D eigenvalue weighted by molar-refractivity contribution is -0.157. The van der Waals surface area contributed by atoms with Crippen LogP contribution in [0.4, 0.5) is 13.6 Å². The number of hydrogen-bond donors (Lipinski definition) is 1. The van der Waals surface area contributed by atoms with Gasteiger partial charge in [0.1, 0.15) is 0 Å². The van der Waals surface area contributed by atoms with Gasteiger partial charge in [-0.2, -0.15) is 0 Å². The maximum Gasteiger partial charge on any atom is 0.410 e. The molecule has 108 valence electrons. The molecule has 1 heterocycles. The predicted molar refractivity (Wildman–Crippen MR) is 60.7 cm³/mol. The van der Waals surface area contributed by atoms with Gasteiger partial charge in [0.05, 0.1) is 19.8 Å². The third kappa shape index (κ3) is 2.42. The smallest absolute Gasteiger partial charge is 0.410 e. The number of benzene rings is 1. The molecule has 1 aromatic carbocycles. The Bertz CT molecular complexity index is 551. The second-order valence-corrected chi connectivity index (χ2v) is 4.09. The Kier molecular flexibility index (Phi) is 3.84. The monoisotopic (exact) mass is 287 g/mol.